The van der Waals surface area contributed by atoms with Crippen molar-refractivity contribution in [2.45, 2.75) is 32.9 Å². The topological polar surface area (TPSA) is 61.9 Å². The molecule has 2 atom stereocenters. The zero-order chi connectivity index (χ0) is 21.7. The van der Waals surface area contributed by atoms with E-state index in [2.05, 4.69) is 10.2 Å². The minimum Gasteiger partial charge on any atom is -0.492 e. The highest BCUT2D eigenvalue weighted by Gasteiger charge is 2.38. The first-order valence-electron chi connectivity index (χ1n) is 10.5. The smallest absolute Gasteiger partial charge is 0.255 e. The Bertz CT molecular complexity index is 880. The van der Waals surface area contributed by atoms with Crippen molar-refractivity contribution in [3.8, 4) is 5.75 Å². The fourth-order valence-corrected chi connectivity index (χ4v) is 3.63. The summed E-state index contributed by atoms with van der Waals surface area (Å²) < 4.78 is 5.70. The SMILES string of the molecule is CC[C@@H](C)[C@H](C(=O)Nc1ccc(OCCN(C)C)cc1)N1Cc2ccccc2C1=O. The number of likely N-dealkylation sites (N-methyl/N-ethyl adjacent to an activating group) is 1. The molecule has 0 spiro atoms. The van der Waals surface area contributed by atoms with E-state index in [-0.39, 0.29) is 17.7 Å². The Morgan fingerprint density at radius 2 is 1.87 bits per heavy atom. The third kappa shape index (κ3) is 5.00. The van der Waals surface area contributed by atoms with Gasteiger partial charge in [0.1, 0.15) is 18.4 Å². The average molecular weight is 410 g/mol. The third-order valence-corrected chi connectivity index (χ3v) is 5.57. The zero-order valence-electron chi connectivity index (χ0n) is 18.2. The summed E-state index contributed by atoms with van der Waals surface area (Å²) >= 11 is 0. The van der Waals surface area contributed by atoms with E-state index in [1.165, 1.54) is 0 Å². The number of carbonyl (C=O) groups excluding carboxylic acids is 2. The Morgan fingerprint density at radius 1 is 1.17 bits per heavy atom. The van der Waals surface area contributed by atoms with Gasteiger partial charge < -0.3 is 19.9 Å². The highest BCUT2D eigenvalue weighted by atomic mass is 16.5. The van der Waals surface area contributed by atoms with E-state index >= 15 is 0 Å². The van der Waals surface area contributed by atoms with Crippen LogP contribution < -0.4 is 10.1 Å². The van der Waals surface area contributed by atoms with Crippen molar-refractivity contribution in [1.82, 2.24) is 9.80 Å². The van der Waals surface area contributed by atoms with Crippen molar-refractivity contribution in [2.24, 2.45) is 5.92 Å². The van der Waals surface area contributed by atoms with Crippen LogP contribution >= 0.6 is 0 Å². The van der Waals surface area contributed by atoms with Gasteiger partial charge in [-0.05, 0) is 55.9 Å². The van der Waals surface area contributed by atoms with Gasteiger partial charge in [0.25, 0.3) is 5.91 Å². The summed E-state index contributed by atoms with van der Waals surface area (Å²) in [4.78, 5) is 29.9. The number of benzene rings is 2. The summed E-state index contributed by atoms with van der Waals surface area (Å²) in [5.74, 6) is 0.567. The van der Waals surface area contributed by atoms with E-state index in [0.717, 1.165) is 24.3 Å². The molecule has 2 aromatic rings. The standard InChI is InChI=1S/C24H31N3O3/c1-5-17(2)22(27-16-18-8-6-7-9-21(18)24(27)29)23(28)25-19-10-12-20(13-11-19)30-15-14-26(3)4/h6-13,17,22H,5,14-16H2,1-4H3,(H,25,28)/t17-,22-/m1/s1. The fraction of sp³-hybridized carbons (Fsp3) is 0.417. The predicted octanol–water partition coefficient (Wildman–Crippen LogP) is 3.64. The van der Waals surface area contributed by atoms with E-state index in [9.17, 15) is 9.59 Å². The molecule has 1 N–H and O–H groups in total. The lowest BCUT2D eigenvalue weighted by molar-refractivity contribution is -0.122. The largest absolute Gasteiger partial charge is 0.492 e. The van der Waals surface area contributed by atoms with Gasteiger partial charge in [0, 0.05) is 24.3 Å². The van der Waals surface area contributed by atoms with Gasteiger partial charge in [-0.3, -0.25) is 9.59 Å². The summed E-state index contributed by atoms with van der Waals surface area (Å²) in [5, 5.41) is 2.99. The van der Waals surface area contributed by atoms with Crippen molar-refractivity contribution >= 4 is 17.5 Å². The minimum absolute atomic E-state index is 0.0388. The number of rotatable bonds is 9. The van der Waals surface area contributed by atoms with Crippen molar-refractivity contribution in [1.29, 1.82) is 0 Å². The van der Waals surface area contributed by atoms with Gasteiger partial charge in [-0.25, -0.2) is 0 Å². The summed E-state index contributed by atoms with van der Waals surface area (Å²) in [6.45, 7) is 5.96. The van der Waals surface area contributed by atoms with Gasteiger partial charge in [-0.15, -0.1) is 0 Å². The number of carbonyl (C=O) groups is 2. The van der Waals surface area contributed by atoms with Crippen LogP contribution in [0.1, 0.15) is 36.2 Å². The van der Waals surface area contributed by atoms with Crippen molar-refractivity contribution in [3.63, 3.8) is 0 Å². The van der Waals surface area contributed by atoms with E-state index in [0.29, 0.717) is 24.4 Å². The highest BCUT2D eigenvalue weighted by molar-refractivity contribution is 6.03. The Morgan fingerprint density at radius 3 is 2.50 bits per heavy atom. The maximum Gasteiger partial charge on any atom is 0.255 e. The Hall–Kier alpha value is -2.86. The van der Waals surface area contributed by atoms with Crippen LogP contribution in [0.25, 0.3) is 0 Å². The van der Waals surface area contributed by atoms with Crippen LogP contribution in [0.2, 0.25) is 0 Å². The second-order valence-electron chi connectivity index (χ2n) is 8.09. The van der Waals surface area contributed by atoms with Gasteiger partial charge in [-0.1, -0.05) is 38.5 Å². The first-order valence-corrected chi connectivity index (χ1v) is 10.5. The summed E-state index contributed by atoms with van der Waals surface area (Å²) in [6.07, 6.45) is 0.802. The predicted molar refractivity (Wildman–Crippen MR) is 119 cm³/mol. The normalized spacial score (nSPS) is 15.1. The summed E-state index contributed by atoms with van der Waals surface area (Å²) in [5.41, 5.74) is 2.36. The maximum absolute atomic E-state index is 13.2. The zero-order valence-corrected chi connectivity index (χ0v) is 18.2. The summed E-state index contributed by atoms with van der Waals surface area (Å²) in [7, 11) is 4.00. The second-order valence-corrected chi connectivity index (χ2v) is 8.09. The first kappa shape index (κ1) is 21.8. The van der Waals surface area contributed by atoms with E-state index in [4.69, 9.17) is 4.74 Å². The molecule has 0 radical (unpaired) electrons. The molecule has 1 aliphatic heterocycles. The van der Waals surface area contributed by atoms with Crippen LogP contribution in [0, 0.1) is 5.92 Å². The van der Waals surface area contributed by atoms with Gasteiger partial charge in [0.05, 0.1) is 0 Å². The van der Waals surface area contributed by atoms with Gasteiger partial charge in [0.2, 0.25) is 5.91 Å². The molecule has 0 saturated carbocycles. The number of amides is 2. The van der Waals surface area contributed by atoms with E-state index in [1.54, 1.807) is 4.90 Å². The Labute approximate surface area is 178 Å². The Kier molecular flexibility index (Phi) is 7.11. The maximum atomic E-state index is 13.2. The third-order valence-electron chi connectivity index (χ3n) is 5.57. The van der Waals surface area contributed by atoms with Crippen LogP contribution in [0.15, 0.2) is 48.5 Å². The van der Waals surface area contributed by atoms with Crippen LogP contribution in [-0.2, 0) is 11.3 Å². The van der Waals surface area contributed by atoms with Crippen molar-refractivity contribution in [3.05, 3.63) is 59.7 Å². The van der Waals surface area contributed by atoms with Crippen LogP contribution in [0.5, 0.6) is 5.75 Å². The number of hydrogen-bond acceptors (Lipinski definition) is 4. The molecule has 2 aromatic carbocycles. The van der Waals surface area contributed by atoms with Gasteiger partial charge >= 0.3 is 0 Å². The van der Waals surface area contributed by atoms with E-state index in [1.807, 2.05) is 76.5 Å². The number of fused-ring (bicyclic) bond motifs is 1. The molecule has 0 saturated heterocycles. The molecule has 0 aliphatic carbocycles. The number of nitrogens with one attached hydrogen (secondary N) is 1. The monoisotopic (exact) mass is 409 g/mol. The number of hydrogen-bond donors (Lipinski definition) is 1. The van der Waals surface area contributed by atoms with Crippen LogP contribution in [0.3, 0.4) is 0 Å². The highest BCUT2D eigenvalue weighted by Crippen LogP contribution is 2.29. The van der Waals surface area contributed by atoms with Gasteiger partial charge in [-0.2, -0.15) is 0 Å². The lowest BCUT2D eigenvalue weighted by Crippen LogP contribution is -2.48. The Balaban J connectivity index is 1.69. The number of anilines is 1. The minimum atomic E-state index is -0.522. The van der Waals surface area contributed by atoms with E-state index < -0.39 is 6.04 Å². The van der Waals surface area contributed by atoms with Crippen molar-refractivity contribution in [2.75, 3.05) is 32.6 Å². The molecule has 0 aromatic heterocycles. The molecule has 0 fully saturated rings. The molecule has 1 aliphatic rings. The summed E-state index contributed by atoms with van der Waals surface area (Å²) in [6, 6.07) is 14.4. The van der Waals surface area contributed by atoms with Gasteiger partial charge in [0.15, 0.2) is 0 Å². The molecule has 6 nitrogen and oxygen atoms in total. The van der Waals surface area contributed by atoms with Crippen molar-refractivity contribution < 1.29 is 14.3 Å². The molecule has 0 bridgehead atoms. The molecule has 0 unspecified atom stereocenters. The fourth-order valence-electron chi connectivity index (χ4n) is 3.63. The first-order chi connectivity index (χ1) is 14.4. The number of nitrogens with zero attached hydrogens (tertiary/aromatic N) is 2. The molecule has 6 heteroatoms. The molecule has 3 rings (SSSR count). The average Bonchev–Trinajstić information content (AvgIpc) is 3.05. The molecular formula is C24H31N3O3. The molecule has 1 heterocycles. The second kappa shape index (κ2) is 9.76. The molecular weight excluding hydrogens is 378 g/mol. The lowest BCUT2D eigenvalue weighted by atomic mass is 9.96. The molecule has 30 heavy (non-hydrogen) atoms. The van der Waals surface area contributed by atoms with Crippen LogP contribution in [0.4, 0.5) is 5.69 Å². The number of ether oxygens (including phenoxy) is 1. The molecule has 2 amide bonds. The van der Waals surface area contributed by atoms with Crippen LogP contribution in [-0.4, -0.2) is 54.9 Å². The lowest BCUT2D eigenvalue weighted by Gasteiger charge is -2.31. The molecule has 160 valence electrons. The quantitative estimate of drug-likeness (QED) is 0.687.